The zero-order chi connectivity index (χ0) is 21.2. The van der Waals surface area contributed by atoms with E-state index in [-0.39, 0.29) is 16.5 Å². The van der Waals surface area contributed by atoms with Gasteiger partial charge >= 0.3 is 0 Å². The first-order valence-corrected chi connectivity index (χ1v) is 11.1. The molecule has 2 aromatic carbocycles. The van der Waals surface area contributed by atoms with Crippen LogP contribution in [0.1, 0.15) is 43.4 Å². The topological polar surface area (TPSA) is 96.0 Å². The Morgan fingerprint density at radius 1 is 1.21 bits per heavy atom. The Hall–Kier alpha value is -2.45. The zero-order valence-corrected chi connectivity index (χ0v) is 17.3. The Balaban J connectivity index is 2.11. The van der Waals surface area contributed by atoms with Crippen LogP contribution in [0.15, 0.2) is 58.6 Å². The predicted molar refractivity (Wildman–Crippen MR) is 110 cm³/mol. The fourth-order valence-corrected chi connectivity index (χ4v) is 6.02. The van der Waals surface area contributed by atoms with Gasteiger partial charge in [0.25, 0.3) is 0 Å². The molecule has 0 aliphatic carbocycles. The number of nitrogens with two attached hydrogens (primary N) is 1. The monoisotopic (exact) mass is 419 g/mol. The second-order valence-electron chi connectivity index (χ2n) is 7.40. The number of amidine groups is 1. The summed E-state index contributed by atoms with van der Waals surface area (Å²) in [5.74, 6) is -0.786. The van der Waals surface area contributed by atoms with Crippen molar-refractivity contribution in [1.82, 2.24) is 4.31 Å². The second-order valence-corrected chi connectivity index (χ2v) is 9.24. The summed E-state index contributed by atoms with van der Waals surface area (Å²) >= 11 is 0. The van der Waals surface area contributed by atoms with E-state index in [4.69, 9.17) is 5.73 Å². The lowest BCUT2D eigenvalue weighted by Crippen LogP contribution is -2.45. The summed E-state index contributed by atoms with van der Waals surface area (Å²) in [5.41, 5.74) is 7.58. The van der Waals surface area contributed by atoms with E-state index < -0.39 is 28.0 Å². The molecule has 3 rings (SSSR count). The van der Waals surface area contributed by atoms with Crippen molar-refractivity contribution in [3.63, 3.8) is 0 Å². The Kier molecular flexibility index (Phi) is 6.24. The number of oxime groups is 1. The Morgan fingerprint density at radius 3 is 2.38 bits per heavy atom. The number of sulfonamides is 1. The molecule has 29 heavy (non-hydrogen) atoms. The van der Waals surface area contributed by atoms with Crippen molar-refractivity contribution < 1.29 is 18.0 Å². The van der Waals surface area contributed by atoms with Gasteiger partial charge in [0.2, 0.25) is 10.0 Å². The molecule has 1 heterocycles. The van der Waals surface area contributed by atoms with Crippen LogP contribution < -0.4 is 5.73 Å². The highest BCUT2D eigenvalue weighted by atomic mass is 32.2. The van der Waals surface area contributed by atoms with E-state index in [1.165, 1.54) is 16.4 Å². The van der Waals surface area contributed by atoms with Crippen LogP contribution >= 0.6 is 0 Å². The molecule has 0 aromatic heterocycles. The zero-order valence-electron chi connectivity index (χ0n) is 16.5. The van der Waals surface area contributed by atoms with Gasteiger partial charge in [0.15, 0.2) is 0 Å². The summed E-state index contributed by atoms with van der Waals surface area (Å²) < 4.78 is 42.2. The molecule has 156 valence electrons. The second kappa shape index (κ2) is 8.51. The summed E-state index contributed by atoms with van der Waals surface area (Å²) in [6.07, 6.45) is 1.65. The average Bonchev–Trinajstić information content (AvgIpc) is 3.15. The molecule has 8 heteroatoms. The van der Waals surface area contributed by atoms with Gasteiger partial charge in [-0.25, -0.2) is 12.8 Å². The van der Waals surface area contributed by atoms with Crippen LogP contribution in [0, 0.1) is 18.7 Å². The first-order chi connectivity index (χ1) is 13.8. The first kappa shape index (κ1) is 21.3. The molecule has 1 aliphatic rings. The molecule has 0 radical (unpaired) electrons. The van der Waals surface area contributed by atoms with E-state index >= 15 is 0 Å². The van der Waals surface area contributed by atoms with Gasteiger partial charge in [0.05, 0.1) is 10.9 Å². The van der Waals surface area contributed by atoms with Crippen LogP contribution in [-0.4, -0.2) is 29.8 Å². The fraction of sp³-hybridized carbons (Fsp3) is 0.381. The predicted octanol–water partition coefficient (Wildman–Crippen LogP) is 3.80. The molecular weight excluding hydrogens is 393 g/mol. The molecule has 1 aliphatic heterocycles. The van der Waals surface area contributed by atoms with Crippen LogP contribution in [0.2, 0.25) is 0 Å². The molecule has 3 atom stereocenters. The lowest BCUT2D eigenvalue weighted by Gasteiger charge is -2.33. The average molecular weight is 420 g/mol. The van der Waals surface area contributed by atoms with Crippen LogP contribution in [0.5, 0.6) is 0 Å². The van der Waals surface area contributed by atoms with E-state index in [2.05, 4.69) is 5.16 Å². The summed E-state index contributed by atoms with van der Waals surface area (Å²) in [6.45, 7) is 3.77. The molecule has 0 spiro atoms. The van der Waals surface area contributed by atoms with Crippen molar-refractivity contribution in [3.05, 3.63) is 65.5 Å². The molecule has 2 aromatic rings. The van der Waals surface area contributed by atoms with Crippen molar-refractivity contribution in [1.29, 1.82) is 0 Å². The summed E-state index contributed by atoms with van der Waals surface area (Å²) in [5, 5.41) is 12.3. The summed E-state index contributed by atoms with van der Waals surface area (Å²) in [7, 11) is -3.86. The smallest absolute Gasteiger partial charge is 0.243 e. The number of aryl methyl sites for hydroxylation is 1. The minimum Gasteiger partial charge on any atom is -0.409 e. The number of benzene rings is 2. The van der Waals surface area contributed by atoms with Crippen molar-refractivity contribution in [2.24, 2.45) is 16.8 Å². The molecular formula is C21H26FN3O3S. The van der Waals surface area contributed by atoms with Gasteiger partial charge < -0.3 is 10.9 Å². The SMILES string of the molecule is CCC(C(N)=NO)C1CCC(c2ccc(F)cc2)N1S(=O)(=O)c1ccc(C)cc1. The molecule has 0 amide bonds. The van der Waals surface area contributed by atoms with Crippen LogP contribution in [0.4, 0.5) is 4.39 Å². The van der Waals surface area contributed by atoms with Crippen molar-refractivity contribution in [2.45, 2.75) is 50.1 Å². The molecule has 1 fully saturated rings. The fourth-order valence-electron chi connectivity index (χ4n) is 4.12. The number of hydrogen-bond acceptors (Lipinski definition) is 4. The maximum Gasteiger partial charge on any atom is 0.243 e. The van der Waals surface area contributed by atoms with E-state index in [0.717, 1.165) is 11.1 Å². The van der Waals surface area contributed by atoms with Crippen LogP contribution in [0.3, 0.4) is 0 Å². The minimum absolute atomic E-state index is 0.0152. The van der Waals surface area contributed by atoms with Gasteiger partial charge in [0.1, 0.15) is 11.7 Å². The summed E-state index contributed by atoms with van der Waals surface area (Å²) in [4.78, 5) is 0.191. The largest absolute Gasteiger partial charge is 0.409 e. The van der Waals surface area contributed by atoms with Gasteiger partial charge in [-0.1, -0.05) is 41.9 Å². The van der Waals surface area contributed by atoms with Gasteiger partial charge in [-0.15, -0.1) is 0 Å². The Bertz CT molecular complexity index is 975. The lowest BCUT2D eigenvalue weighted by molar-refractivity contribution is 0.270. The normalized spacial score (nSPS) is 22.0. The third-order valence-electron chi connectivity index (χ3n) is 5.62. The standard InChI is InChI=1S/C21H26FN3O3S/c1-3-18(21(23)24-26)20-13-12-19(15-6-8-16(22)9-7-15)25(20)29(27,28)17-10-4-14(2)5-11-17/h4-11,18-20,26H,3,12-13H2,1-2H3,(H2,23,24). The summed E-state index contributed by atoms with van der Waals surface area (Å²) in [6, 6.07) is 11.7. The van der Waals surface area contributed by atoms with E-state index in [1.807, 2.05) is 13.8 Å². The van der Waals surface area contributed by atoms with Crippen LogP contribution in [-0.2, 0) is 10.0 Å². The maximum atomic E-state index is 13.6. The van der Waals surface area contributed by atoms with E-state index in [0.29, 0.717) is 19.3 Å². The van der Waals surface area contributed by atoms with Crippen molar-refractivity contribution in [3.8, 4) is 0 Å². The molecule has 0 bridgehead atoms. The Morgan fingerprint density at radius 2 is 1.83 bits per heavy atom. The van der Waals surface area contributed by atoms with E-state index in [9.17, 15) is 18.0 Å². The molecule has 3 unspecified atom stereocenters. The molecule has 1 saturated heterocycles. The van der Waals surface area contributed by atoms with E-state index in [1.54, 1.807) is 36.4 Å². The highest BCUT2D eigenvalue weighted by molar-refractivity contribution is 7.89. The van der Waals surface area contributed by atoms with Crippen molar-refractivity contribution >= 4 is 15.9 Å². The van der Waals surface area contributed by atoms with Crippen LogP contribution in [0.25, 0.3) is 0 Å². The third-order valence-corrected chi connectivity index (χ3v) is 7.57. The lowest BCUT2D eigenvalue weighted by atomic mass is 9.94. The molecule has 3 N–H and O–H groups in total. The number of hydrogen-bond donors (Lipinski definition) is 2. The molecule has 0 saturated carbocycles. The first-order valence-electron chi connectivity index (χ1n) is 9.62. The molecule has 6 nitrogen and oxygen atoms in total. The Labute approximate surface area is 170 Å². The maximum absolute atomic E-state index is 13.6. The van der Waals surface area contributed by atoms with Gasteiger partial charge in [0, 0.05) is 12.0 Å². The number of nitrogens with zero attached hydrogens (tertiary/aromatic N) is 2. The van der Waals surface area contributed by atoms with Gasteiger partial charge in [-0.3, -0.25) is 0 Å². The number of halogens is 1. The van der Waals surface area contributed by atoms with Gasteiger partial charge in [-0.05, 0) is 56.0 Å². The van der Waals surface area contributed by atoms with Gasteiger partial charge in [-0.2, -0.15) is 4.31 Å². The minimum atomic E-state index is -3.86. The highest BCUT2D eigenvalue weighted by Gasteiger charge is 2.46. The highest BCUT2D eigenvalue weighted by Crippen LogP contribution is 2.43. The number of rotatable bonds is 6. The third kappa shape index (κ3) is 4.13. The quantitative estimate of drug-likeness (QED) is 0.322. The van der Waals surface area contributed by atoms with Crippen molar-refractivity contribution in [2.75, 3.05) is 0 Å².